The Kier molecular flexibility index (Phi) is 4.36. The molecule has 0 radical (unpaired) electrons. The fourth-order valence-corrected chi connectivity index (χ4v) is 3.06. The zero-order chi connectivity index (χ0) is 15.5. The Bertz CT molecular complexity index is 650. The number of ether oxygens (including phenoxy) is 1. The number of benzene rings is 1. The number of aliphatic hydroxyl groups is 1. The number of aliphatic hydroxyl groups excluding tert-OH is 1. The highest BCUT2D eigenvalue weighted by molar-refractivity contribution is 5.27. The molecule has 0 aliphatic carbocycles. The minimum Gasteiger partial charge on any atom is -0.481 e. The minimum absolute atomic E-state index is 0.00406. The van der Waals surface area contributed by atoms with E-state index in [1.807, 2.05) is 18.2 Å². The Morgan fingerprint density at radius 2 is 2.23 bits per heavy atom. The summed E-state index contributed by atoms with van der Waals surface area (Å²) in [5.74, 6) is 0.333. The predicted octanol–water partition coefficient (Wildman–Crippen LogP) is 2.54. The Morgan fingerprint density at radius 3 is 3.00 bits per heavy atom. The molecule has 3 rings (SSSR count). The summed E-state index contributed by atoms with van der Waals surface area (Å²) in [5.41, 5.74) is 1.85. The molecule has 2 aromatic rings. The average molecular weight is 302 g/mol. The SMILES string of the molecule is COc1ncccc1CN1CC(O)CC1c1cccc(F)c1. The first kappa shape index (κ1) is 14.9. The molecule has 2 atom stereocenters. The number of methoxy groups -OCH3 is 1. The Morgan fingerprint density at radius 1 is 1.36 bits per heavy atom. The summed E-state index contributed by atoms with van der Waals surface area (Å²) in [6.45, 7) is 1.16. The van der Waals surface area contributed by atoms with Gasteiger partial charge in [0.1, 0.15) is 5.82 Å². The highest BCUT2D eigenvalue weighted by atomic mass is 19.1. The number of halogens is 1. The summed E-state index contributed by atoms with van der Waals surface area (Å²) in [5, 5.41) is 10.0. The van der Waals surface area contributed by atoms with E-state index >= 15 is 0 Å². The fraction of sp³-hybridized carbons (Fsp3) is 0.353. The molecule has 5 heteroatoms. The van der Waals surface area contributed by atoms with Crippen molar-refractivity contribution in [3.05, 3.63) is 59.5 Å². The van der Waals surface area contributed by atoms with Crippen LogP contribution in [0, 0.1) is 5.82 Å². The van der Waals surface area contributed by atoms with Gasteiger partial charge in [-0.3, -0.25) is 4.90 Å². The quantitative estimate of drug-likeness (QED) is 0.943. The summed E-state index contributed by atoms with van der Waals surface area (Å²) < 4.78 is 18.8. The molecule has 1 aromatic heterocycles. The van der Waals surface area contributed by atoms with E-state index in [2.05, 4.69) is 9.88 Å². The van der Waals surface area contributed by atoms with Crippen LogP contribution in [0.15, 0.2) is 42.6 Å². The molecule has 22 heavy (non-hydrogen) atoms. The van der Waals surface area contributed by atoms with Crippen molar-refractivity contribution in [1.82, 2.24) is 9.88 Å². The molecule has 0 bridgehead atoms. The molecule has 1 aromatic carbocycles. The first-order valence-corrected chi connectivity index (χ1v) is 7.33. The van der Waals surface area contributed by atoms with E-state index in [9.17, 15) is 9.50 Å². The van der Waals surface area contributed by atoms with Crippen molar-refractivity contribution < 1.29 is 14.2 Å². The molecular formula is C17H19FN2O2. The molecule has 116 valence electrons. The van der Waals surface area contributed by atoms with Crippen LogP contribution in [0.5, 0.6) is 5.88 Å². The molecule has 2 heterocycles. The van der Waals surface area contributed by atoms with Gasteiger partial charge in [0.15, 0.2) is 0 Å². The van der Waals surface area contributed by atoms with E-state index < -0.39 is 6.10 Å². The van der Waals surface area contributed by atoms with Gasteiger partial charge in [0, 0.05) is 30.9 Å². The van der Waals surface area contributed by atoms with Crippen LogP contribution in [0.25, 0.3) is 0 Å². The van der Waals surface area contributed by atoms with Crippen LogP contribution >= 0.6 is 0 Å². The third kappa shape index (κ3) is 3.10. The number of hydrogen-bond acceptors (Lipinski definition) is 4. The second kappa shape index (κ2) is 6.42. The first-order valence-electron chi connectivity index (χ1n) is 7.33. The number of β-amino-alcohol motifs (C(OH)–C–C–N with tert-alkyl or cyclic N) is 1. The van der Waals surface area contributed by atoms with Crippen molar-refractivity contribution in [1.29, 1.82) is 0 Å². The van der Waals surface area contributed by atoms with Crippen molar-refractivity contribution >= 4 is 0 Å². The molecule has 4 nitrogen and oxygen atoms in total. The molecular weight excluding hydrogens is 283 g/mol. The third-order valence-corrected chi connectivity index (χ3v) is 4.03. The summed E-state index contributed by atoms with van der Waals surface area (Å²) in [6.07, 6.45) is 1.88. The zero-order valence-electron chi connectivity index (χ0n) is 12.4. The van der Waals surface area contributed by atoms with Crippen molar-refractivity contribution in [2.24, 2.45) is 0 Å². The maximum absolute atomic E-state index is 13.5. The molecule has 0 saturated carbocycles. The van der Waals surface area contributed by atoms with E-state index in [0.29, 0.717) is 25.4 Å². The standard InChI is InChI=1S/C17H19FN2O2/c1-22-17-13(5-3-7-19-17)10-20-11-15(21)9-16(20)12-4-2-6-14(18)8-12/h2-8,15-16,21H,9-11H2,1H3. The number of pyridine rings is 1. The summed E-state index contributed by atoms with van der Waals surface area (Å²) in [6, 6.07) is 10.4. The predicted molar refractivity (Wildman–Crippen MR) is 81.0 cm³/mol. The molecule has 1 N–H and O–H groups in total. The van der Waals surface area contributed by atoms with Gasteiger partial charge in [-0.05, 0) is 30.2 Å². The van der Waals surface area contributed by atoms with Gasteiger partial charge in [-0.25, -0.2) is 9.37 Å². The number of hydrogen-bond donors (Lipinski definition) is 1. The largest absolute Gasteiger partial charge is 0.481 e. The monoisotopic (exact) mass is 302 g/mol. The lowest BCUT2D eigenvalue weighted by atomic mass is 10.0. The Labute approximate surface area is 129 Å². The Balaban J connectivity index is 1.85. The highest BCUT2D eigenvalue weighted by Crippen LogP contribution is 2.34. The average Bonchev–Trinajstić information content (AvgIpc) is 2.88. The van der Waals surface area contributed by atoms with Gasteiger partial charge in [0.2, 0.25) is 5.88 Å². The lowest BCUT2D eigenvalue weighted by Gasteiger charge is -2.25. The van der Waals surface area contributed by atoms with Gasteiger partial charge >= 0.3 is 0 Å². The van der Waals surface area contributed by atoms with Crippen LogP contribution in [0.1, 0.15) is 23.6 Å². The van der Waals surface area contributed by atoms with Gasteiger partial charge < -0.3 is 9.84 Å². The summed E-state index contributed by atoms with van der Waals surface area (Å²) >= 11 is 0. The van der Waals surface area contributed by atoms with E-state index in [0.717, 1.165) is 11.1 Å². The van der Waals surface area contributed by atoms with E-state index in [4.69, 9.17) is 4.74 Å². The number of rotatable bonds is 4. The molecule has 2 unspecified atom stereocenters. The molecule has 1 fully saturated rings. The van der Waals surface area contributed by atoms with Crippen molar-refractivity contribution in [2.45, 2.75) is 25.1 Å². The van der Waals surface area contributed by atoms with Gasteiger partial charge in [0.05, 0.1) is 13.2 Å². The van der Waals surface area contributed by atoms with Gasteiger partial charge in [-0.2, -0.15) is 0 Å². The van der Waals surface area contributed by atoms with Crippen LogP contribution in [0.3, 0.4) is 0 Å². The van der Waals surface area contributed by atoms with Crippen LogP contribution < -0.4 is 4.74 Å². The molecule has 0 amide bonds. The van der Waals surface area contributed by atoms with Crippen LogP contribution in [-0.2, 0) is 6.54 Å². The topological polar surface area (TPSA) is 45.6 Å². The summed E-state index contributed by atoms with van der Waals surface area (Å²) in [4.78, 5) is 6.34. The first-order chi connectivity index (χ1) is 10.7. The van der Waals surface area contributed by atoms with Crippen LogP contribution in [0.4, 0.5) is 4.39 Å². The van der Waals surface area contributed by atoms with E-state index in [1.165, 1.54) is 12.1 Å². The van der Waals surface area contributed by atoms with Crippen molar-refractivity contribution in [2.75, 3.05) is 13.7 Å². The zero-order valence-corrected chi connectivity index (χ0v) is 12.4. The smallest absolute Gasteiger partial charge is 0.217 e. The maximum Gasteiger partial charge on any atom is 0.217 e. The maximum atomic E-state index is 13.5. The van der Waals surface area contributed by atoms with E-state index in [-0.39, 0.29) is 11.9 Å². The number of aromatic nitrogens is 1. The Hall–Kier alpha value is -1.98. The van der Waals surface area contributed by atoms with Crippen LogP contribution in [0.2, 0.25) is 0 Å². The second-order valence-electron chi connectivity index (χ2n) is 5.56. The normalized spacial score (nSPS) is 22.0. The lowest BCUT2D eigenvalue weighted by Crippen LogP contribution is -2.24. The fourth-order valence-electron chi connectivity index (χ4n) is 3.06. The third-order valence-electron chi connectivity index (χ3n) is 4.03. The molecule has 1 saturated heterocycles. The van der Waals surface area contributed by atoms with Crippen molar-refractivity contribution in [3.63, 3.8) is 0 Å². The van der Waals surface area contributed by atoms with Gasteiger partial charge in [-0.15, -0.1) is 0 Å². The van der Waals surface area contributed by atoms with Crippen molar-refractivity contribution in [3.8, 4) is 5.88 Å². The summed E-state index contributed by atoms with van der Waals surface area (Å²) in [7, 11) is 1.59. The van der Waals surface area contributed by atoms with E-state index in [1.54, 1.807) is 19.4 Å². The number of likely N-dealkylation sites (tertiary alicyclic amines) is 1. The lowest BCUT2D eigenvalue weighted by molar-refractivity contribution is 0.172. The molecule has 1 aliphatic heterocycles. The highest BCUT2D eigenvalue weighted by Gasteiger charge is 2.32. The van der Waals surface area contributed by atoms with Gasteiger partial charge in [-0.1, -0.05) is 18.2 Å². The molecule has 1 aliphatic rings. The second-order valence-corrected chi connectivity index (χ2v) is 5.56. The number of nitrogens with zero attached hydrogens (tertiary/aromatic N) is 2. The minimum atomic E-state index is -0.407. The molecule has 0 spiro atoms. The van der Waals surface area contributed by atoms with Gasteiger partial charge in [0.25, 0.3) is 0 Å². The van der Waals surface area contributed by atoms with Crippen LogP contribution in [-0.4, -0.2) is 34.7 Å².